The smallest absolute Gasteiger partial charge is 0.337 e. The molecule has 3 aromatic rings. The lowest BCUT2D eigenvalue weighted by molar-refractivity contribution is 0.0698. The Morgan fingerprint density at radius 2 is 2.13 bits per heavy atom. The molecular weight excluding hydrogens is 378 g/mol. The van der Waals surface area contributed by atoms with Gasteiger partial charge in [0, 0.05) is 29.6 Å². The third-order valence-corrected chi connectivity index (χ3v) is 5.61. The number of benzene rings is 2. The first-order valence-corrected chi connectivity index (χ1v) is 10.00. The summed E-state index contributed by atoms with van der Waals surface area (Å²) in [6, 6.07) is 15.1. The van der Waals surface area contributed by atoms with E-state index in [-0.39, 0.29) is 17.5 Å². The van der Waals surface area contributed by atoms with E-state index in [1.54, 1.807) is 18.2 Å². The number of nitrogens with one attached hydrogen (secondary N) is 1. The molecule has 2 N–H and O–H groups in total. The zero-order chi connectivity index (χ0) is 21.3. The van der Waals surface area contributed by atoms with Crippen LogP contribution in [0.15, 0.2) is 42.5 Å². The van der Waals surface area contributed by atoms with E-state index in [4.69, 9.17) is 4.74 Å². The average molecular weight is 401 g/mol. The van der Waals surface area contributed by atoms with Crippen molar-refractivity contribution in [1.82, 2.24) is 4.98 Å². The van der Waals surface area contributed by atoms with Gasteiger partial charge in [-0.1, -0.05) is 18.2 Å². The molecule has 0 spiro atoms. The molecule has 0 radical (unpaired) electrons. The van der Waals surface area contributed by atoms with E-state index in [0.717, 1.165) is 34.0 Å². The number of aryl methyl sites for hydroxylation is 1. The summed E-state index contributed by atoms with van der Waals surface area (Å²) >= 11 is 0. The molecule has 2 atom stereocenters. The number of hydrogen-bond acceptors (Lipinski definition) is 5. The number of carbonyl (C=O) groups is 1. The highest BCUT2D eigenvalue weighted by atomic mass is 16.5. The number of carboxylic acid groups (broad SMARTS) is 1. The van der Waals surface area contributed by atoms with Gasteiger partial charge in [-0.25, -0.2) is 9.78 Å². The number of fused-ring (bicyclic) bond motifs is 1. The van der Waals surface area contributed by atoms with Gasteiger partial charge in [-0.2, -0.15) is 5.26 Å². The topological polar surface area (TPSA) is 95.2 Å². The Hall–Kier alpha value is -3.43. The molecule has 0 aliphatic carbocycles. The zero-order valence-corrected chi connectivity index (χ0v) is 17.0. The molecule has 1 aliphatic heterocycles. The molecule has 0 amide bonds. The molecule has 30 heavy (non-hydrogen) atoms. The van der Waals surface area contributed by atoms with Crippen LogP contribution in [-0.2, 0) is 4.74 Å². The van der Waals surface area contributed by atoms with Crippen molar-refractivity contribution in [3.05, 3.63) is 70.4 Å². The molecule has 0 bridgehead atoms. The maximum atomic E-state index is 11.6. The fourth-order valence-electron chi connectivity index (χ4n) is 4.11. The van der Waals surface area contributed by atoms with Gasteiger partial charge in [-0.15, -0.1) is 0 Å². The predicted octanol–water partition coefficient (Wildman–Crippen LogP) is 4.79. The minimum Gasteiger partial charge on any atom is -0.478 e. The molecule has 152 valence electrons. The SMILES string of the molecule is Cc1cc([C@@H](C)Nc2ccccc2C(=O)O)c2cc([C@H]3CCOC3)c(C#N)nc2c1. The number of hydrogen-bond donors (Lipinski definition) is 2. The standard InChI is InChI=1S/C24H23N3O3/c1-14-9-18(15(2)26-21-6-4-3-5-17(21)24(28)29)20-11-19(16-7-8-30-13-16)23(12-25)27-22(20)10-14/h3-6,9-11,15-16,26H,7-8,13H2,1-2H3,(H,28,29)/t15-,16+/m1/s1. The fraction of sp³-hybridized carbons (Fsp3) is 0.292. The molecule has 6 nitrogen and oxygen atoms in total. The van der Waals surface area contributed by atoms with Crippen molar-refractivity contribution in [3.63, 3.8) is 0 Å². The van der Waals surface area contributed by atoms with E-state index in [2.05, 4.69) is 28.5 Å². The third-order valence-electron chi connectivity index (χ3n) is 5.61. The number of para-hydroxylation sites is 1. The Bertz CT molecular complexity index is 1160. The molecule has 1 fully saturated rings. The lowest BCUT2D eigenvalue weighted by Crippen LogP contribution is -2.12. The van der Waals surface area contributed by atoms with Gasteiger partial charge < -0.3 is 15.2 Å². The van der Waals surface area contributed by atoms with Crippen molar-refractivity contribution in [1.29, 1.82) is 5.26 Å². The van der Waals surface area contributed by atoms with Crippen LogP contribution >= 0.6 is 0 Å². The van der Waals surface area contributed by atoms with Gasteiger partial charge in [0.05, 0.1) is 17.7 Å². The van der Waals surface area contributed by atoms with Gasteiger partial charge in [-0.05, 0) is 61.2 Å². The first-order valence-electron chi connectivity index (χ1n) is 10.00. The van der Waals surface area contributed by atoms with E-state index in [0.29, 0.717) is 24.6 Å². The average Bonchev–Trinajstić information content (AvgIpc) is 3.27. The molecule has 0 unspecified atom stereocenters. The largest absolute Gasteiger partial charge is 0.478 e. The van der Waals surface area contributed by atoms with Crippen LogP contribution < -0.4 is 5.32 Å². The quantitative estimate of drug-likeness (QED) is 0.638. The van der Waals surface area contributed by atoms with Crippen LogP contribution in [0, 0.1) is 18.3 Å². The van der Waals surface area contributed by atoms with Crippen molar-refractivity contribution < 1.29 is 14.6 Å². The van der Waals surface area contributed by atoms with Crippen LogP contribution in [0.3, 0.4) is 0 Å². The number of ether oxygens (including phenoxy) is 1. The highest BCUT2D eigenvalue weighted by Gasteiger charge is 2.24. The Morgan fingerprint density at radius 3 is 2.83 bits per heavy atom. The monoisotopic (exact) mass is 401 g/mol. The molecule has 1 saturated heterocycles. The maximum Gasteiger partial charge on any atom is 0.337 e. The van der Waals surface area contributed by atoms with Crippen LogP contribution in [0.2, 0.25) is 0 Å². The lowest BCUT2D eigenvalue weighted by Gasteiger charge is -2.21. The summed E-state index contributed by atoms with van der Waals surface area (Å²) in [6.07, 6.45) is 0.878. The molecule has 2 aromatic carbocycles. The molecule has 0 saturated carbocycles. The summed E-state index contributed by atoms with van der Waals surface area (Å²) < 4.78 is 5.53. The van der Waals surface area contributed by atoms with E-state index in [9.17, 15) is 15.2 Å². The molecule has 2 heterocycles. The number of carboxylic acids is 1. The number of aromatic nitrogens is 1. The van der Waals surface area contributed by atoms with Gasteiger partial charge in [0.25, 0.3) is 0 Å². The van der Waals surface area contributed by atoms with Crippen LogP contribution in [0.25, 0.3) is 10.9 Å². The Labute approximate surface area is 175 Å². The third kappa shape index (κ3) is 3.72. The number of rotatable bonds is 5. The zero-order valence-electron chi connectivity index (χ0n) is 17.0. The number of nitriles is 1. The molecule has 1 aliphatic rings. The van der Waals surface area contributed by atoms with Crippen molar-refractivity contribution in [3.8, 4) is 6.07 Å². The minimum absolute atomic E-state index is 0.157. The van der Waals surface area contributed by atoms with Gasteiger partial charge in [0.1, 0.15) is 11.8 Å². The summed E-state index contributed by atoms with van der Waals surface area (Å²) in [5, 5.41) is 23.4. The maximum absolute atomic E-state index is 11.6. The number of anilines is 1. The van der Waals surface area contributed by atoms with Crippen LogP contribution in [-0.4, -0.2) is 29.3 Å². The van der Waals surface area contributed by atoms with Gasteiger partial charge in [-0.3, -0.25) is 0 Å². The number of pyridine rings is 1. The highest BCUT2D eigenvalue weighted by Crippen LogP contribution is 2.34. The van der Waals surface area contributed by atoms with Gasteiger partial charge in [0.15, 0.2) is 0 Å². The highest BCUT2D eigenvalue weighted by molar-refractivity contribution is 5.94. The van der Waals surface area contributed by atoms with Crippen LogP contribution in [0.1, 0.15) is 58.0 Å². The Morgan fingerprint density at radius 1 is 1.33 bits per heavy atom. The first-order chi connectivity index (χ1) is 14.5. The molecule has 4 rings (SSSR count). The molecule has 6 heteroatoms. The van der Waals surface area contributed by atoms with Crippen molar-refractivity contribution in [2.24, 2.45) is 0 Å². The van der Waals surface area contributed by atoms with Crippen molar-refractivity contribution in [2.45, 2.75) is 32.2 Å². The van der Waals surface area contributed by atoms with Gasteiger partial charge >= 0.3 is 5.97 Å². The van der Waals surface area contributed by atoms with Gasteiger partial charge in [0.2, 0.25) is 0 Å². The summed E-state index contributed by atoms with van der Waals surface area (Å²) in [5.74, 6) is -0.801. The predicted molar refractivity (Wildman–Crippen MR) is 115 cm³/mol. The summed E-state index contributed by atoms with van der Waals surface area (Å²) in [5.41, 5.74) is 4.99. The Balaban J connectivity index is 1.81. The summed E-state index contributed by atoms with van der Waals surface area (Å²) in [4.78, 5) is 16.2. The Kier molecular flexibility index (Phi) is 5.39. The second kappa shape index (κ2) is 8.13. The van der Waals surface area contributed by atoms with E-state index >= 15 is 0 Å². The van der Waals surface area contributed by atoms with Crippen LogP contribution in [0.5, 0.6) is 0 Å². The molecule has 1 aromatic heterocycles. The van der Waals surface area contributed by atoms with E-state index in [1.165, 1.54) is 0 Å². The van der Waals surface area contributed by atoms with E-state index in [1.807, 2.05) is 26.0 Å². The number of nitrogens with zero attached hydrogens (tertiary/aromatic N) is 2. The summed E-state index contributed by atoms with van der Waals surface area (Å²) in [6.45, 7) is 5.29. The first kappa shape index (κ1) is 19.9. The van der Waals surface area contributed by atoms with Crippen LogP contribution in [0.4, 0.5) is 5.69 Å². The second-order valence-electron chi connectivity index (χ2n) is 7.74. The second-order valence-corrected chi connectivity index (χ2v) is 7.74. The van der Waals surface area contributed by atoms with Crippen molar-refractivity contribution >= 4 is 22.6 Å². The fourth-order valence-corrected chi connectivity index (χ4v) is 4.11. The normalized spacial score (nSPS) is 16.9. The lowest BCUT2D eigenvalue weighted by atomic mass is 9.92. The minimum atomic E-state index is -0.969. The van der Waals surface area contributed by atoms with E-state index < -0.39 is 5.97 Å². The number of aromatic carboxylic acids is 1. The van der Waals surface area contributed by atoms with Crippen molar-refractivity contribution in [2.75, 3.05) is 18.5 Å². The molecular formula is C24H23N3O3. The summed E-state index contributed by atoms with van der Waals surface area (Å²) in [7, 11) is 0.